The number of aryl methyl sites for hydroxylation is 3. The molecule has 8 nitrogen and oxygen atoms in total. The molecule has 3 aromatic rings. The number of nitrogens with zero attached hydrogens (tertiary/aromatic N) is 2. The molecule has 1 aromatic heterocycles. The standard InChI is InChI=1S/C20H18ClN3O5S/c1-12-5-8-16(11-17(12)21)23-30(27,28)19-10-15(6-4-13(19)2)7-9-18-20(24(25)26)14(3)22-29-18/h4-11,23H,1-3H3/b9-7+. The summed E-state index contributed by atoms with van der Waals surface area (Å²) >= 11 is 6.08. The van der Waals surface area contributed by atoms with E-state index in [9.17, 15) is 18.5 Å². The highest BCUT2D eigenvalue weighted by Crippen LogP contribution is 2.27. The number of halogens is 1. The van der Waals surface area contributed by atoms with E-state index in [0.717, 1.165) is 5.56 Å². The van der Waals surface area contributed by atoms with Crippen LogP contribution < -0.4 is 4.72 Å². The molecule has 0 fully saturated rings. The number of nitro groups is 1. The van der Waals surface area contributed by atoms with Crippen LogP contribution in [0.4, 0.5) is 11.4 Å². The molecule has 2 aromatic carbocycles. The average Bonchev–Trinajstić information content (AvgIpc) is 3.04. The first-order valence-electron chi connectivity index (χ1n) is 8.77. The van der Waals surface area contributed by atoms with Crippen LogP contribution >= 0.6 is 11.6 Å². The summed E-state index contributed by atoms with van der Waals surface area (Å²) in [5.41, 5.74) is 2.17. The number of nitrogens with one attached hydrogen (secondary N) is 1. The van der Waals surface area contributed by atoms with Crippen LogP contribution in [0.5, 0.6) is 0 Å². The normalized spacial score (nSPS) is 11.7. The van der Waals surface area contributed by atoms with Gasteiger partial charge in [0.2, 0.25) is 5.76 Å². The third-order valence-corrected chi connectivity index (χ3v) is 6.32. The van der Waals surface area contributed by atoms with Gasteiger partial charge in [0.1, 0.15) is 0 Å². The average molecular weight is 448 g/mol. The molecule has 30 heavy (non-hydrogen) atoms. The minimum atomic E-state index is -3.88. The quantitative estimate of drug-likeness (QED) is 0.413. The second-order valence-corrected chi connectivity index (χ2v) is 8.72. The molecular weight excluding hydrogens is 430 g/mol. The largest absolute Gasteiger partial charge is 0.349 e. The number of sulfonamides is 1. The van der Waals surface area contributed by atoms with E-state index in [4.69, 9.17) is 16.1 Å². The molecule has 156 valence electrons. The van der Waals surface area contributed by atoms with Crippen LogP contribution in [-0.2, 0) is 10.0 Å². The van der Waals surface area contributed by atoms with Crippen LogP contribution in [0.3, 0.4) is 0 Å². The molecule has 0 aliphatic rings. The minimum absolute atomic E-state index is 0.0186. The molecule has 0 amide bonds. The summed E-state index contributed by atoms with van der Waals surface area (Å²) < 4.78 is 33.3. The Morgan fingerprint density at radius 3 is 2.47 bits per heavy atom. The predicted octanol–water partition coefficient (Wildman–Crippen LogP) is 5.13. The first-order valence-corrected chi connectivity index (χ1v) is 10.6. The SMILES string of the molecule is Cc1ccc(NS(=O)(=O)c2cc(/C=C/c3onc(C)c3[N+](=O)[O-])ccc2C)cc1Cl. The summed E-state index contributed by atoms with van der Waals surface area (Å²) in [6, 6.07) is 9.71. The van der Waals surface area contributed by atoms with Gasteiger partial charge in [0.25, 0.3) is 10.0 Å². The van der Waals surface area contributed by atoms with Gasteiger partial charge in [0.15, 0.2) is 5.69 Å². The number of anilines is 1. The number of benzene rings is 2. The Morgan fingerprint density at radius 2 is 1.80 bits per heavy atom. The van der Waals surface area contributed by atoms with Crippen LogP contribution in [0.2, 0.25) is 5.02 Å². The van der Waals surface area contributed by atoms with Gasteiger partial charge in [-0.1, -0.05) is 41.0 Å². The molecule has 0 spiro atoms. The van der Waals surface area contributed by atoms with Crippen molar-refractivity contribution in [3.05, 3.63) is 79.7 Å². The maximum Gasteiger partial charge on any atom is 0.338 e. The van der Waals surface area contributed by atoms with Crippen molar-refractivity contribution in [2.75, 3.05) is 4.72 Å². The summed E-state index contributed by atoms with van der Waals surface area (Å²) in [6.07, 6.45) is 2.90. The lowest BCUT2D eigenvalue weighted by molar-refractivity contribution is -0.386. The molecule has 0 bridgehead atoms. The number of hydrogen-bond acceptors (Lipinski definition) is 6. The molecule has 0 atom stereocenters. The molecule has 1 N–H and O–H groups in total. The van der Waals surface area contributed by atoms with Gasteiger partial charge >= 0.3 is 5.69 Å². The Labute approximate surface area is 178 Å². The second-order valence-electron chi connectivity index (χ2n) is 6.67. The first kappa shape index (κ1) is 21.5. The smallest absolute Gasteiger partial charge is 0.338 e. The Balaban J connectivity index is 1.93. The van der Waals surface area contributed by atoms with Gasteiger partial charge in [0.05, 0.1) is 15.5 Å². The third-order valence-electron chi connectivity index (χ3n) is 4.39. The van der Waals surface area contributed by atoms with Crippen LogP contribution in [0.15, 0.2) is 45.8 Å². The van der Waals surface area contributed by atoms with E-state index in [1.807, 2.05) is 6.92 Å². The maximum absolute atomic E-state index is 12.9. The monoisotopic (exact) mass is 447 g/mol. The summed E-state index contributed by atoms with van der Waals surface area (Å²) in [6.45, 7) is 4.97. The third kappa shape index (κ3) is 4.52. The highest BCUT2D eigenvalue weighted by molar-refractivity contribution is 7.92. The van der Waals surface area contributed by atoms with E-state index in [1.54, 1.807) is 37.3 Å². The molecule has 10 heteroatoms. The van der Waals surface area contributed by atoms with E-state index in [2.05, 4.69) is 9.88 Å². The first-order chi connectivity index (χ1) is 14.1. The lowest BCUT2D eigenvalue weighted by Crippen LogP contribution is -2.14. The van der Waals surface area contributed by atoms with Crippen LogP contribution in [0.25, 0.3) is 12.2 Å². The summed E-state index contributed by atoms with van der Waals surface area (Å²) in [5.74, 6) is -0.0186. The molecule has 1 heterocycles. The van der Waals surface area contributed by atoms with E-state index in [1.165, 1.54) is 25.1 Å². The number of hydrogen-bond donors (Lipinski definition) is 1. The molecule has 0 saturated heterocycles. The highest BCUT2D eigenvalue weighted by atomic mass is 35.5. The minimum Gasteiger partial charge on any atom is -0.349 e. The number of rotatable bonds is 6. The van der Waals surface area contributed by atoms with Gasteiger partial charge in [-0.2, -0.15) is 0 Å². The van der Waals surface area contributed by atoms with Crippen molar-refractivity contribution >= 4 is 45.2 Å². The zero-order valence-corrected chi connectivity index (χ0v) is 17.9. The lowest BCUT2D eigenvalue weighted by atomic mass is 10.1. The Bertz CT molecular complexity index is 1270. The molecule has 0 aliphatic heterocycles. The zero-order valence-electron chi connectivity index (χ0n) is 16.3. The van der Waals surface area contributed by atoms with Gasteiger partial charge in [0, 0.05) is 5.02 Å². The zero-order chi connectivity index (χ0) is 22.1. The second kappa shape index (κ2) is 8.29. The van der Waals surface area contributed by atoms with Crippen LogP contribution in [-0.4, -0.2) is 18.5 Å². The fourth-order valence-electron chi connectivity index (χ4n) is 2.76. The molecular formula is C20H18ClN3O5S. The summed E-state index contributed by atoms with van der Waals surface area (Å²) in [4.78, 5) is 10.6. The fraction of sp³-hybridized carbons (Fsp3) is 0.150. The van der Waals surface area contributed by atoms with E-state index in [0.29, 0.717) is 21.8 Å². The van der Waals surface area contributed by atoms with Crippen molar-refractivity contribution in [1.82, 2.24) is 5.16 Å². The van der Waals surface area contributed by atoms with E-state index < -0.39 is 14.9 Å². The molecule has 0 aliphatic carbocycles. The van der Waals surface area contributed by atoms with Crippen molar-refractivity contribution in [1.29, 1.82) is 0 Å². The highest BCUT2D eigenvalue weighted by Gasteiger charge is 2.22. The van der Waals surface area contributed by atoms with Gasteiger partial charge in [-0.05, 0) is 61.7 Å². The maximum atomic E-state index is 12.9. The summed E-state index contributed by atoms with van der Waals surface area (Å²) in [5, 5.41) is 15.2. The van der Waals surface area contributed by atoms with Crippen molar-refractivity contribution < 1.29 is 17.9 Å². The molecule has 0 saturated carbocycles. The van der Waals surface area contributed by atoms with Crippen molar-refractivity contribution in [2.24, 2.45) is 0 Å². The van der Waals surface area contributed by atoms with Gasteiger partial charge in [-0.3, -0.25) is 14.8 Å². The van der Waals surface area contributed by atoms with Gasteiger partial charge in [-0.25, -0.2) is 8.42 Å². The van der Waals surface area contributed by atoms with Crippen molar-refractivity contribution in [2.45, 2.75) is 25.7 Å². The summed E-state index contributed by atoms with van der Waals surface area (Å²) in [7, 11) is -3.88. The van der Waals surface area contributed by atoms with Gasteiger partial charge < -0.3 is 4.52 Å². The topological polar surface area (TPSA) is 115 Å². The predicted molar refractivity (Wildman–Crippen MR) is 115 cm³/mol. The van der Waals surface area contributed by atoms with Gasteiger partial charge in [-0.15, -0.1) is 0 Å². The lowest BCUT2D eigenvalue weighted by Gasteiger charge is -2.12. The fourth-order valence-corrected chi connectivity index (χ4v) is 4.27. The molecule has 0 unspecified atom stereocenters. The Kier molecular flexibility index (Phi) is 5.95. The number of aromatic nitrogens is 1. The van der Waals surface area contributed by atoms with Crippen molar-refractivity contribution in [3.8, 4) is 0 Å². The van der Waals surface area contributed by atoms with Crippen LogP contribution in [0, 0.1) is 30.9 Å². The molecule has 0 radical (unpaired) electrons. The van der Waals surface area contributed by atoms with E-state index >= 15 is 0 Å². The van der Waals surface area contributed by atoms with Crippen molar-refractivity contribution in [3.63, 3.8) is 0 Å². The Morgan fingerprint density at radius 1 is 1.10 bits per heavy atom. The van der Waals surface area contributed by atoms with Crippen LogP contribution in [0.1, 0.15) is 28.1 Å². The van der Waals surface area contributed by atoms with E-state index in [-0.39, 0.29) is 22.0 Å². The Hall–Kier alpha value is -3.17. The molecule has 3 rings (SSSR count).